The molecule has 4 heteroatoms. The zero-order valence-electron chi connectivity index (χ0n) is 9.27. The number of carbonyl (C=O) groups excluding carboxylic acids is 1. The van der Waals surface area contributed by atoms with Gasteiger partial charge in [-0.3, -0.25) is 9.78 Å². The standard InChI is InChI=1S/C12H15NO3/c1-16-10-6-9(7-13-8-10)11(14)12(15)4-2-3-5-12/h6-8,15H,2-5H2,1H3. The third kappa shape index (κ3) is 1.93. The molecule has 1 heterocycles. The summed E-state index contributed by atoms with van der Waals surface area (Å²) < 4.78 is 5.00. The third-order valence-electron chi connectivity index (χ3n) is 3.06. The molecule has 1 fully saturated rings. The number of rotatable bonds is 3. The van der Waals surface area contributed by atoms with Crippen LogP contribution in [0.4, 0.5) is 0 Å². The van der Waals surface area contributed by atoms with E-state index in [9.17, 15) is 9.90 Å². The molecule has 1 N–H and O–H groups in total. The number of ether oxygens (including phenoxy) is 1. The molecule has 0 unspecified atom stereocenters. The molecule has 2 rings (SSSR count). The van der Waals surface area contributed by atoms with Crippen molar-refractivity contribution in [3.63, 3.8) is 0 Å². The van der Waals surface area contributed by atoms with Crippen molar-refractivity contribution >= 4 is 5.78 Å². The predicted octanol–water partition coefficient (Wildman–Crippen LogP) is 1.58. The van der Waals surface area contributed by atoms with Crippen LogP contribution in [-0.2, 0) is 0 Å². The molecule has 0 radical (unpaired) electrons. The van der Waals surface area contributed by atoms with Gasteiger partial charge in [0.05, 0.1) is 13.3 Å². The Hall–Kier alpha value is -1.42. The topological polar surface area (TPSA) is 59.4 Å². The molecule has 0 atom stereocenters. The van der Waals surface area contributed by atoms with Gasteiger partial charge in [0.2, 0.25) is 0 Å². The van der Waals surface area contributed by atoms with E-state index in [1.807, 2.05) is 0 Å². The van der Waals surface area contributed by atoms with Crippen LogP contribution in [0.25, 0.3) is 0 Å². The van der Waals surface area contributed by atoms with Crippen LogP contribution in [0, 0.1) is 0 Å². The van der Waals surface area contributed by atoms with E-state index in [0.29, 0.717) is 24.2 Å². The number of Topliss-reactive ketones (excluding diaryl/α,β-unsaturated/α-hetero) is 1. The van der Waals surface area contributed by atoms with Crippen molar-refractivity contribution in [3.05, 3.63) is 24.0 Å². The average molecular weight is 221 g/mol. The molecule has 86 valence electrons. The van der Waals surface area contributed by atoms with Crippen molar-refractivity contribution in [2.45, 2.75) is 31.3 Å². The van der Waals surface area contributed by atoms with Crippen LogP contribution in [0.1, 0.15) is 36.0 Å². The summed E-state index contributed by atoms with van der Waals surface area (Å²) in [5, 5.41) is 10.2. The van der Waals surface area contributed by atoms with Crippen molar-refractivity contribution in [2.24, 2.45) is 0 Å². The first-order valence-corrected chi connectivity index (χ1v) is 5.42. The summed E-state index contributed by atoms with van der Waals surface area (Å²) in [7, 11) is 1.52. The molecule has 1 aliphatic carbocycles. The van der Waals surface area contributed by atoms with E-state index in [-0.39, 0.29) is 5.78 Å². The highest BCUT2D eigenvalue weighted by atomic mass is 16.5. The van der Waals surface area contributed by atoms with Crippen molar-refractivity contribution < 1.29 is 14.6 Å². The maximum absolute atomic E-state index is 12.1. The lowest BCUT2D eigenvalue weighted by molar-refractivity contribution is 0.0352. The fourth-order valence-electron chi connectivity index (χ4n) is 2.11. The molecule has 0 saturated heterocycles. The molecule has 0 bridgehead atoms. The Morgan fingerprint density at radius 3 is 2.75 bits per heavy atom. The van der Waals surface area contributed by atoms with Gasteiger partial charge in [-0.2, -0.15) is 0 Å². The highest BCUT2D eigenvalue weighted by molar-refractivity contribution is 6.02. The predicted molar refractivity (Wildman–Crippen MR) is 58.5 cm³/mol. The summed E-state index contributed by atoms with van der Waals surface area (Å²) in [6.45, 7) is 0. The van der Waals surface area contributed by atoms with Crippen LogP contribution in [0.15, 0.2) is 18.5 Å². The van der Waals surface area contributed by atoms with E-state index in [1.54, 1.807) is 6.07 Å². The molecule has 1 aromatic heterocycles. The molecule has 1 aliphatic rings. The van der Waals surface area contributed by atoms with Gasteiger partial charge < -0.3 is 9.84 Å². The van der Waals surface area contributed by atoms with Crippen LogP contribution >= 0.6 is 0 Å². The molecule has 16 heavy (non-hydrogen) atoms. The van der Waals surface area contributed by atoms with Crippen LogP contribution in [-0.4, -0.2) is 28.6 Å². The summed E-state index contributed by atoms with van der Waals surface area (Å²) in [5.74, 6) is 0.295. The Morgan fingerprint density at radius 1 is 1.44 bits per heavy atom. The minimum Gasteiger partial charge on any atom is -0.495 e. The Labute approximate surface area is 94.3 Å². The molecule has 4 nitrogen and oxygen atoms in total. The lowest BCUT2D eigenvalue weighted by Gasteiger charge is -2.20. The molecule has 1 saturated carbocycles. The van der Waals surface area contributed by atoms with Crippen molar-refractivity contribution in [1.29, 1.82) is 0 Å². The van der Waals surface area contributed by atoms with Crippen LogP contribution in [0.2, 0.25) is 0 Å². The van der Waals surface area contributed by atoms with Crippen molar-refractivity contribution in [3.8, 4) is 5.75 Å². The lowest BCUT2D eigenvalue weighted by Crippen LogP contribution is -2.35. The zero-order valence-corrected chi connectivity index (χ0v) is 9.27. The van der Waals surface area contributed by atoms with E-state index in [0.717, 1.165) is 12.8 Å². The smallest absolute Gasteiger partial charge is 0.196 e. The Morgan fingerprint density at radius 2 is 2.12 bits per heavy atom. The number of hydrogen-bond donors (Lipinski definition) is 1. The number of aromatic nitrogens is 1. The zero-order chi connectivity index (χ0) is 11.6. The monoisotopic (exact) mass is 221 g/mol. The Balaban J connectivity index is 2.26. The summed E-state index contributed by atoms with van der Waals surface area (Å²) >= 11 is 0. The maximum Gasteiger partial charge on any atom is 0.196 e. The Bertz CT molecular complexity index is 397. The third-order valence-corrected chi connectivity index (χ3v) is 3.06. The quantitative estimate of drug-likeness (QED) is 0.787. The molecule has 1 aromatic rings. The van der Waals surface area contributed by atoms with E-state index in [4.69, 9.17) is 4.74 Å². The first kappa shape index (κ1) is 11.1. The van der Waals surface area contributed by atoms with E-state index < -0.39 is 5.60 Å². The highest BCUT2D eigenvalue weighted by Crippen LogP contribution is 2.32. The minimum atomic E-state index is -1.19. The van der Waals surface area contributed by atoms with Gasteiger partial charge >= 0.3 is 0 Å². The minimum absolute atomic E-state index is 0.239. The molecular weight excluding hydrogens is 206 g/mol. The largest absolute Gasteiger partial charge is 0.495 e. The van der Waals surface area contributed by atoms with E-state index in [1.165, 1.54) is 19.5 Å². The second kappa shape index (κ2) is 4.22. The van der Waals surface area contributed by atoms with Gasteiger partial charge in [-0.05, 0) is 31.7 Å². The van der Waals surface area contributed by atoms with Gasteiger partial charge in [0.25, 0.3) is 0 Å². The summed E-state index contributed by atoms with van der Waals surface area (Å²) in [6, 6.07) is 1.62. The number of hydrogen-bond acceptors (Lipinski definition) is 4. The fraction of sp³-hybridized carbons (Fsp3) is 0.500. The van der Waals surface area contributed by atoms with Gasteiger partial charge in [0, 0.05) is 11.8 Å². The Kier molecular flexibility index (Phi) is 2.92. The second-order valence-corrected chi connectivity index (χ2v) is 4.18. The maximum atomic E-state index is 12.1. The van der Waals surface area contributed by atoms with Crippen LogP contribution < -0.4 is 4.74 Å². The van der Waals surface area contributed by atoms with E-state index in [2.05, 4.69) is 4.98 Å². The van der Waals surface area contributed by atoms with Gasteiger partial charge in [-0.25, -0.2) is 0 Å². The van der Waals surface area contributed by atoms with Crippen molar-refractivity contribution in [2.75, 3.05) is 7.11 Å². The normalized spacial score (nSPS) is 18.4. The van der Waals surface area contributed by atoms with Gasteiger partial charge in [0.15, 0.2) is 5.78 Å². The fourth-order valence-corrected chi connectivity index (χ4v) is 2.11. The number of ketones is 1. The van der Waals surface area contributed by atoms with E-state index >= 15 is 0 Å². The lowest BCUT2D eigenvalue weighted by atomic mass is 9.92. The summed E-state index contributed by atoms with van der Waals surface area (Å²) in [4.78, 5) is 16.0. The van der Waals surface area contributed by atoms with Crippen molar-refractivity contribution in [1.82, 2.24) is 4.98 Å². The summed E-state index contributed by atoms with van der Waals surface area (Å²) in [6.07, 6.45) is 5.90. The SMILES string of the molecule is COc1cncc(C(=O)C2(O)CCCC2)c1. The van der Waals surface area contributed by atoms with Crippen LogP contribution in [0.5, 0.6) is 5.75 Å². The molecule has 0 aromatic carbocycles. The first-order valence-electron chi connectivity index (χ1n) is 5.42. The molecule has 0 amide bonds. The summed E-state index contributed by atoms with van der Waals surface area (Å²) in [5.41, 5.74) is -0.766. The molecule has 0 spiro atoms. The van der Waals surface area contributed by atoms with Gasteiger partial charge in [0.1, 0.15) is 11.4 Å². The molecular formula is C12H15NO3. The second-order valence-electron chi connectivity index (χ2n) is 4.18. The number of aliphatic hydroxyl groups is 1. The number of methoxy groups -OCH3 is 1. The first-order chi connectivity index (χ1) is 7.65. The van der Waals surface area contributed by atoms with Gasteiger partial charge in [-0.1, -0.05) is 0 Å². The van der Waals surface area contributed by atoms with Crippen LogP contribution in [0.3, 0.4) is 0 Å². The van der Waals surface area contributed by atoms with Gasteiger partial charge in [-0.15, -0.1) is 0 Å². The highest BCUT2D eigenvalue weighted by Gasteiger charge is 2.39. The average Bonchev–Trinajstić information content (AvgIpc) is 2.76. The number of pyridine rings is 1. The molecule has 0 aliphatic heterocycles. The number of carbonyl (C=O) groups is 1. The number of nitrogens with zero attached hydrogens (tertiary/aromatic N) is 1.